The number of nitrogens with two attached hydrogens (primary N) is 1. The second-order valence-corrected chi connectivity index (χ2v) is 5.38. The Morgan fingerprint density at radius 3 is 2.24 bits per heavy atom. The molecule has 0 aromatic heterocycles. The maximum absolute atomic E-state index is 9.14. The van der Waals surface area contributed by atoms with Crippen LogP contribution in [0.3, 0.4) is 0 Å². The van der Waals surface area contributed by atoms with Crippen molar-refractivity contribution < 1.29 is 14.9 Å². The topological polar surface area (TPSA) is 75.7 Å². The standard InChI is InChI=1S/C16H27NO3.ClH/c1-2-3-4-11-20-15-7-5-14(6-8-15)9-10-16(17,12-18)13-19;/h5-8,18-19H,2-4,9-13,17H2,1H3;1H. The molecule has 21 heavy (non-hydrogen) atoms. The van der Waals surface area contributed by atoms with Gasteiger partial charge in [-0.3, -0.25) is 0 Å². The van der Waals surface area contributed by atoms with E-state index in [0.29, 0.717) is 6.42 Å². The molecule has 0 unspecified atom stereocenters. The van der Waals surface area contributed by atoms with Gasteiger partial charge in [0.1, 0.15) is 5.75 Å². The van der Waals surface area contributed by atoms with Crippen LogP contribution in [0, 0.1) is 0 Å². The lowest BCUT2D eigenvalue weighted by molar-refractivity contribution is 0.115. The van der Waals surface area contributed by atoms with Gasteiger partial charge in [0.2, 0.25) is 0 Å². The second kappa shape index (κ2) is 10.9. The van der Waals surface area contributed by atoms with Crippen LogP contribution in [0.1, 0.15) is 38.2 Å². The predicted octanol–water partition coefficient (Wildman–Crippen LogP) is 2.29. The average molecular weight is 318 g/mol. The van der Waals surface area contributed by atoms with Crippen molar-refractivity contribution in [3.63, 3.8) is 0 Å². The van der Waals surface area contributed by atoms with E-state index in [1.807, 2.05) is 24.3 Å². The number of aryl methyl sites for hydroxylation is 1. The lowest BCUT2D eigenvalue weighted by atomic mass is 9.94. The molecule has 0 heterocycles. The molecule has 122 valence electrons. The Bertz CT molecular complexity index is 366. The molecule has 0 bridgehead atoms. The van der Waals surface area contributed by atoms with Gasteiger partial charge in [-0.05, 0) is 37.0 Å². The third-order valence-electron chi connectivity index (χ3n) is 3.48. The minimum atomic E-state index is -0.894. The maximum Gasteiger partial charge on any atom is 0.119 e. The van der Waals surface area contributed by atoms with Gasteiger partial charge in [0.15, 0.2) is 0 Å². The van der Waals surface area contributed by atoms with Crippen LogP contribution >= 0.6 is 12.4 Å². The monoisotopic (exact) mass is 317 g/mol. The molecule has 1 aromatic carbocycles. The largest absolute Gasteiger partial charge is 0.494 e. The number of rotatable bonds is 10. The zero-order valence-corrected chi connectivity index (χ0v) is 13.6. The third kappa shape index (κ3) is 7.67. The number of aliphatic hydroxyl groups is 2. The summed E-state index contributed by atoms with van der Waals surface area (Å²) in [6.07, 6.45) is 4.75. The van der Waals surface area contributed by atoms with Gasteiger partial charge >= 0.3 is 0 Å². The Labute approximate surface area is 133 Å². The van der Waals surface area contributed by atoms with E-state index in [1.165, 1.54) is 12.8 Å². The van der Waals surface area contributed by atoms with E-state index >= 15 is 0 Å². The normalized spacial score (nSPS) is 11.0. The van der Waals surface area contributed by atoms with E-state index in [2.05, 4.69) is 6.92 Å². The molecular formula is C16H28ClNO3. The van der Waals surface area contributed by atoms with Crippen molar-refractivity contribution in [1.82, 2.24) is 0 Å². The molecule has 4 nitrogen and oxygen atoms in total. The van der Waals surface area contributed by atoms with E-state index in [-0.39, 0.29) is 25.6 Å². The van der Waals surface area contributed by atoms with Crippen LogP contribution in [0.25, 0.3) is 0 Å². The Morgan fingerprint density at radius 1 is 1.10 bits per heavy atom. The number of halogens is 1. The van der Waals surface area contributed by atoms with Crippen LogP contribution in [0.2, 0.25) is 0 Å². The maximum atomic E-state index is 9.14. The third-order valence-corrected chi connectivity index (χ3v) is 3.48. The Kier molecular flexibility index (Phi) is 10.4. The molecule has 4 N–H and O–H groups in total. The summed E-state index contributed by atoms with van der Waals surface area (Å²) < 4.78 is 5.65. The Hall–Kier alpha value is -0.810. The number of benzene rings is 1. The van der Waals surface area contributed by atoms with Crippen LogP contribution in [-0.4, -0.2) is 35.6 Å². The Morgan fingerprint density at radius 2 is 1.71 bits per heavy atom. The molecule has 0 atom stereocenters. The number of hydrogen-bond donors (Lipinski definition) is 3. The number of unbranched alkanes of at least 4 members (excludes halogenated alkanes) is 2. The van der Waals surface area contributed by atoms with Gasteiger partial charge in [-0.2, -0.15) is 0 Å². The molecular weight excluding hydrogens is 290 g/mol. The summed E-state index contributed by atoms with van der Waals surface area (Å²) >= 11 is 0. The van der Waals surface area contributed by atoms with Gasteiger partial charge in [-0.15, -0.1) is 12.4 Å². The molecule has 0 fully saturated rings. The van der Waals surface area contributed by atoms with Crippen molar-refractivity contribution in [3.05, 3.63) is 29.8 Å². The van der Waals surface area contributed by atoms with Crippen LogP contribution in [0.15, 0.2) is 24.3 Å². The van der Waals surface area contributed by atoms with Gasteiger partial charge in [-0.1, -0.05) is 31.9 Å². The average Bonchev–Trinajstić information content (AvgIpc) is 2.50. The summed E-state index contributed by atoms with van der Waals surface area (Å²) in [4.78, 5) is 0. The van der Waals surface area contributed by atoms with Crippen LogP contribution in [0.5, 0.6) is 5.75 Å². The van der Waals surface area contributed by atoms with E-state index < -0.39 is 5.54 Å². The first kappa shape index (κ1) is 20.2. The SMILES string of the molecule is CCCCCOc1ccc(CCC(N)(CO)CO)cc1.Cl. The summed E-state index contributed by atoms with van der Waals surface area (Å²) in [7, 11) is 0. The number of aliphatic hydroxyl groups excluding tert-OH is 2. The lowest BCUT2D eigenvalue weighted by Gasteiger charge is -2.24. The lowest BCUT2D eigenvalue weighted by Crippen LogP contribution is -2.47. The van der Waals surface area contributed by atoms with Crippen molar-refractivity contribution in [1.29, 1.82) is 0 Å². The second-order valence-electron chi connectivity index (χ2n) is 5.38. The summed E-state index contributed by atoms with van der Waals surface area (Å²) in [6, 6.07) is 7.92. The van der Waals surface area contributed by atoms with Crippen LogP contribution in [-0.2, 0) is 6.42 Å². The molecule has 0 saturated carbocycles. The molecule has 0 spiro atoms. The number of hydrogen-bond acceptors (Lipinski definition) is 4. The van der Waals surface area contributed by atoms with Gasteiger partial charge in [0.05, 0.1) is 25.4 Å². The molecule has 0 amide bonds. The zero-order valence-electron chi connectivity index (χ0n) is 12.8. The fourth-order valence-corrected chi connectivity index (χ4v) is 1.90. The minimum Gasteiger partial charge on any atom is -0.494 e. The molecule has 0 aliphatic carbocycles. The van der Waals surface area contributed by atoms with E-state index in [0.717, 1.165) is 30.8 Å². The predicted molar refractivity (Wildman–Crippen MR) is 88.1 cm³/mol. The van der Waals surface area contributed by atoms with Crippen LogP contribution in [0.4, 0.5) is 0 Å². The molecule has 0 aliphatic heterocycles. The molecule has 5 heteroatoms. The highest BCUT2D eigenvalue weighted by atomic mass is 35.5. The van der Waals surface area contributed by atoms with Gasteiger partial charge < -0.3 is 20.7 Å². The number of ether oxygens (including phenoxy) is 1. The summed E-state index contributed by atoms with van der Waals surface area (Å²) in [5.41, 5.74) is 6.08. The van der Waals surface area contributed by atoms with Gasteiger partial charge in [-0.25, -0.2) is 0 Å². The summed E-state index contributed by atoms with van der Waals surface area (Å²) in [6.45, 7) is 2.52. The quantitative estimate of drug-likeness (QED) is 0.579. The molecule has 0 radical (unpaired) electrons. The molecule has 1 rings (SSSR count). The van der Waals surface area contributed by atoms with Gasteiger partial charge in [0.25, 0.3) is 0 Å². The first-order chi connectivity index (χ1) is 9.63. The molecule has 1 aromatic rings. The Balaban J connectivity index is 0.00000400. The molecule has 0 saturated heterocycles. The van der Waals surface area contributed by atoms with E-state index in [4.69, 9.17) is 20.7 Å². The van der Waals surface area contributed by atoms with Crippen molar-refractivity contribution >= 4 is 12.4 Å². The van der Waals surface area contributed by atoms with Crippen LogP contribution < -0.4 is 10.5 Å². The summed E-state index contributed by atoms with van der Waals surface area (Å²) in [5, 5.41) is 18.3. The fourth-order valence-electron chi connectivity index (χ4n) is 1.90. The van der Waals surface area contributed by atoms with Crippen molar-refractivity contribution in [2.45, 2.75) is 44.6 Å². The van der Waals surface area contributed by atoms with Crippen molar-refractivity contribution in [2.24, 2.45) is 5.73 Å². The zero-order chi connectivity index (χ0) is 14.8. The first-order valence-corrected chi connectivity index (χ1v) is 7.36. The van der Waals surface area contributed by atoms with E-state index in [1.54, 1.807) is 0 Å². The highest BCUT2D eigenvalue weighted by molar-refractivity contribution is 5.85. The minimum absolute atomic E-state index is 0. The smallest absolute Gasteiger partial charge is 0.119 e. The summed E-state index contributed by atoms with van der Waals surface area (Å²) in [5.74, 6) is 0.883. The highest BCUT2D eigenvalue weighted by Gasteiger charge is 2.22. The highest BCUT2D eigenvalue weighted by Crippen LogP contribution is 2.16. The molecule has 0 aliphatic rings. The first-order valence-electron chi connectivity index (χ1n) is 7.36. The fraction of sp³-hybridized carbons (Fsp3) is 0.625. The van der Waals surface area contributed by atoms with Gasteiger partial charge in [0, 0.05) is 0 Å². The van der Waals surface area contributed by atoms with E-state index in [9.17, 15) is 0 Å². The van der Waals surface area contributed by atoms with Crippen molar-refractivity contribution in [2.75, 3.05) is 19.8 Å². The van der Waals surface area contributed by atoms with Crippen molar-refractivity contribution in [3.8, 4) is 5.75 Å².